The van der Waals surface area contributed by atoms with E-state index in [1.54, 1.807) is 13.8 Å². The molecule has 0 aromatic carbocycles. The van der Waals surface area contributed by atoms with Gasteiger partial charge in [0.15, 0.2) is 11.9 Å². The molecule has 54 valence electrons. The first-order valence-corrected chi connectivity index (χ1v) is 3.04. The van der Waals surface area contributed by atoms with E-state index in [1.807, 2.05) is 0 Å². The first kappa shape index (κ1) is 6.99. The normalized spacial score (nSPS) is 25.8. The van der Waals surface area contributed by atoms with E-state index in [1.165, 1.54) is 6.08 Å². The van der Waals surface area contributed by atoms with E-state index in [9.17, 15) is 9.59 Å². The minimum Gasteiger partial charge on any atom is -0.451 e. The summed E-state index contributed by atoms with van der Waals surface area (Å²) in [6.45, 7) is 3.18. The molecule has 1 aliphatic heterocycles. The van der Waals surface area contributed by atoms with Gasteiger partial charge in [0.05, 0.1) is 0 Å². The lowest BCUT2D eigenvalue weighted by atomic mass is 10.1. The van der Waals surface area contributed by atoms with Gasteiger partial charge in [-0.15, -0.1) is 0 Å². The van der Waals surface area contributed by atoms with Crippen LogP contribution < -0.4 is 0 Å². The fraction of sp³-hybridized carbons (Fsp3) is 0.429. The van der Waals surface area contributed by atoms with Gasteiger partial charge in [0, 0.05) is 11.6 Å². The predicted molar refractivity (Wildman–Crippen MR) is 34.3 cm³/mol. The Morgan fingerprint density at radius 2 is 2.10 bits per heavy atom. The Morgan fingerprint density at radius 1 is 1.50 bits per heavy atom. The van der Waals surface area contributed by atoms with Gasteiger partial charge < -0.3 is 4.74 Å². The van der Waals surface area contributed by atoms with Crippen LogP contribution in [-0.2, 0) is 14.3 Å². The Kier molecular flexibility index (Phi) is 1.57. The van der Waals surface area contributed by atoms with Crippen molar-refractivity contribution in [3.8, 4) is 0 Å². The number of cyclic esters (lactones) is 1. The minimum atomic E-state index is -0.600. The molecule has 0 amide bonds. The number of hydrogen-bond donors (Lipinski definition) is 0. The maximum atomic E-state index is 10.9. The van der Waals surface area contributed by atoms with Crippen molar-refractivity contribution in [2.24, 2.45) is 0 Å². The van der Waals surface area contributed by atoms with E-state index < -0.39 is 12.1 Å². The minimum absolute atomic E-state index is 0.111. The SMILES string of the molecule is CC1=CC(=O)OC(C)C1=O. The van der Waals surface area contributed by atoms with Crippen molar-refractivity contribution in [3.63, 3.8) is 0 Å². The van der Waals surface area contributed by atoms with Crippen molar-refractivity contribution in [1.82, 2.24) is 0 Å². The molecule has 0 bridgehead atoms. The lowest BCUT2D eigenvalue weighted by Gasteiger charge is -2.15. The van der Waals surface area contributed by atoms with Crippen LogP contribution in [0.4, 0.5) is 0 Å². The molecular weight excluding hydrogens is 132 g/mol. The Balaban J connectivity index is 2.91. The Hall–Kier alpha value is -1.12. The fourth-order valence-electron chi connectivity index (χ4n) is 0.830. The molecule has 0 saturated carbocycles. The van der Waals surface area contributed by atoms with Gasteiger partial charge in [0.2, 0.25) is 0 Å². The molecule has 10 heavy (non-hydrogen) atoms. The average molecular weight is 140 g/mol. The van der Waals surface area contributed by atoms with Crippen molar-refractivity contribution in [3.05, 3.63) is 11.6 Å². The summed E-state index contributed by atoms with van der Waals surface area (Å²) in [5.74, 6) is -0.538. The van der Waals surface area contributed by atoms with Gasteiger partial charge in [-0.05, 0) is 13.8 Å². The monoisotopic (exact) mass is 140 g/mol. The highest BCUT2D eigenvalue weighted by Gasteiger charge is 2.23. The molecular formula is C7H8O3. The number of hydrogen-bond acceptors (Lipinski definition) is 3. The van der Waals surface area contributed by atoms with Crippen LogP contribution >= 0.6 is 0 Å². The fourth-order valence-corrected chi connectivity index (χ4v) is 0.830. The zero-order valence-electron chi connectivity index (χ0n) is 5.88. The third-order valence-corrected chi connectivity index (χ3v) is 1.39. The van der Waals surface area contributed by atoms with Crippen molar-refractivity contribution in [1.29, 1.82) is 0 Å². The van der Waals surface area contributed by atoms with E-state index in [4.69, 9.17) is 0 Å². The van der Waals surface area contributed by atoms with Crippen LogP contribution in [-0.4, -0.2) is 17.9 Å². The Morgan fingerprint density at radius 3 is 2.60 bits per heavy atom. The molecule has 3 heteroatoms. The number of carbonyl (C=O) groups is 2. The van der Waals surface area contributed by atoms with Crippen molar-refractivity contribution >= 4 is 11.8 Å². The first-order valence-electron chi connectivity index (χ1n) is 3.04. The molecule has 0 aromatic heterocycles. The number of carbonyl (C=O) groups excluding carboxylic acids is 2. The van der Waals surface area contributed by atoms with Crippen molar-refractivity contribution in [2.45, 2.75) is 20.0 Å². The molecule has 0 aliphatic carbocycles. The van der Waals surface area contributed by atoms with Crippen LogP contribution in [0.5, 0.6) is 0 Å². The van der Waals surface area contributed by atoms with Crippen LogP contribution in [0.1, 0.15) is 13.8 Å². The molecule has 1 heterocycles. The van der Waals surface area contributed by atoms with Crippen LogP contribution in [0.2, 0.25) is 0 Å². The molecule has 3 nitrogen and oxygen atoms in total. The zero-order chi connectivity index (χ0) is 7.72. The second-order valence-electron chi connectivity index (χ2n) is 2.27. The summed E-state index contributed by atoms with van der Waals surface area (Å²) in [6.07, 6.45) is 0.611. The molecule has 0 fully saturated rings. The van der Waals surface area contributed by atoms with Gasteiger partial charge >= 0.3 is 5.97 Å². The summed E-state index contributed by atoms with van der Waals surface area (Å²) in [7, 11) is 0. The highest BCUT2D eigenvalue weighted by Crippen LogP contribution is 2.09. The van der Waals surface area contributed by atoms with Gasteiger partial charge in [-0.2, -0.15) is 0 Å². The molecule has 0 N–H and O–H groups in total. The van der Waals surface area contributed by atoms with E-state index in [-0.39, 0.29) is 5.78 Å². The van der Waals surface area contributed by atoms with Crippen molar-refractivity contribution < 1.29 is 14.3 Å². The smallest absolute Gasteiger partial charge is 0.331 e. The molecule has 1 aliphatic rings. The summed E-state index contributed by atoms with van der Waals surface area (Å²) in [6, 6.07) is 0. The summed E-state index contributed by atoms with van der Waals surface area (Å²) in [5, 5.41) is 0. The third-order valence-electron chi connectivity index (χ3n) is 1.39. The van der Waals surface area contributed by atoms with E-state index in [0.717, 1.165) is 0 Å². The van der Waals surface area contributed by atoms with E-state index >= 15 is 0 Å². The summed E-state index contributed by atoms with van der Waals surface area (Å²) < 4.78 is 4.60. The van der Waals surface area contributed by atoms with Gasteiger partial charge in [-0.1, -0.05) is 0 Å². The number of Topliss-reactive ketones (excluding diaryl/α,β-unsaturated/α-hetero) is 1. The third kappa shape index (κ3) is 1.07. The molecule has 0 saturated heterocycles. The maximum absolute atomic E-state index is 10.9. The molecule has 1 unspecified atom stereocenters. The van der Waals surface area contributed by atoms with Crippen LogP contribution in [0, 0.1) is 0 Å². The molecule has 0 aromatic rings. The van der Waals surface area contributed by atoms with Crippen LogP contribution in [0.25, 0.3) is 0 Å². The molecule has 0 spiro atoms. The Labute approximate surface area is 58.7 Å². The zero-order valence-corrected chi connectivity index (χ0v) is 5.88. The number of ether oxygens (including phenoxy) is 1. The van der Waals surface area contributed by atoms with Crippen molar-refractivity contribution in [2.75, 3.05) is 0 Å². The second-order valence-corrected chi connectivity index (χ2v) is 2.27. The standard InChI is InChI=1S/C7H8O3/c1-4-3-6(8)10-5(2)7(4)9/h3,5H,1-2H3. The molecule has 0 radical (unpaired) electrons. The largest absolute Gasteiger partial charge is 0.451 e. The average Bonchev–Trinajstić information content (AvgIpc) is 1.82. The summed E-state index contributed by atoms with van der Waals surface area (Å²) in [4.78, 5) is 21.5. The van der Waals surface area contributed by atoms with Gasteiger partial charge in [0.25, 0.3) is 0 Å². The van der Waals surface area contributed by atoms with E-state index in [0.29, 0.717) is 5.57 Å². The molecule has 1 atom stereocenters. The van der Waals surface area contributed by atoms with Gasteiger partial charge in [0.1, 0.15) is 0 Å². The lowest BCUT2D eigenvalue weighted by Crippen LogP contribution is -2.28. The van der Waals surface area contributed by atoms with Crippen LogP contribution in [0.15, 0.2) is 11.6 Å². The highest BCUT2D eigenvalue weighted by molar-refractivity contribution is 6.06. The molecule has 1 rings (SSSR count). The predicted octanol–water partition coefficient (Wildman–Crippen LogP) is 0.447. The number of esters is 1. The van der Waals surface area contributed by atoms with E-state index in [2.05, 4.69) is 4.74 Å². The quantitative estimate of drug-likeness (QED) is 0.459. The number of rotatable bonds is 0. The van der Waals surface area contributed by atoms with Gasteiger partial charge in [-0.3, -0.25) is 4.79 Å². The summed E-state index contributed by atoms with van der Waals surface area (Å²) in [5.41, 5.74) is 0.476. The second kappa shape index (κ2) is 2.25. The van der Waals surface area contributed by atoms with Crippen LogP contribution in [0.3, 0.4) is 0 Å². The lowest BCUT2D eigenvalue weighted by molar-refractivity contribution is -0.150. The topological polar surface area (TPSA) is 43.4 Å². The van der Waals surface area contributed by atoms with Gasteiger partial charge in [-0.25, -0.2) is 4.79 Å². The maximum Gasteiger partial charge on any atom is 0.331 e. The summed E-state index contributed by atoms with van der Waals surface area (Å²) >= 11 is 0. The Bertz CT molecular complexity index is 215. The highest BCUT2D eigenvalue weighted by atomic mass is 16.5. The number of ketones is 1. The first-order chi connectivity index (χ1) is 4.61.